The first-order chi connectivity index (χ1) is 15.9. The van der Waals surface area contributed by atoms with Crippen molar-refractivity contribution in [2.24, 2.45) is 5.73 Å². The monoisotopic (exact) mass is 441 g/mol. The molecule has 2 aromatic carbocycles. The number of benzene rings is 2. The molecule has 0 aliphatic heterocycles. The molecule has 166 valence electrons. The third-order valence-electron chi connectivity index (χ3n) is 5.18. The average Bonchev–Trinajstić information content (AvgIpc) is 2.83. The number of aromatic nitrogens is 2. The quantitative estimate of drug-likeness (QED) is 0.400. The van der Waals surface area contributed by atoms with E-state index in [9.17, 15) is 9.59 Å². The van der Waals surface area contributed by atoms with Crippen molar-refractivity contribution in [3.63, 3.8) is 0 Å². The van der Waals surface area contributed by atoms with Gasteiger partial charge >= 0.3 is 0 Å². The summed E-state index contributed by atoms with van der Waals surface area (Å²) < 4.78 is 5.28. The van der Waals surface area contributed by atoms with Gasteiger partial charge in [0.25, 0.3) is 11.8 Å². The lowest BCUT2D eigenvalue weighted by atomic mass is 10.1. The molecule has 0 bridgehead atoms. The number of nitrogens with two attached hydrogens (primary N) is 1. The molecule has 0 aliphatic rings. The van der Waals surface area contributed by atoms with Crippen molar-refractivity contribution >= 4 is 34.2 Å². The summed E-state index contributed by atoms with van der Waals surface area (Å²) in [5.74, 6) is 0.330. The first-order valence-electron chi connectivity index (χ1n) is 10.3. The number of nitrogens with zero attached hydrogens (tertiary/aromatic N) is 2. The van der Waals surface area contributed by atoms with Gasteiger partial charge in [-0.3, -0.25) is 14.6 Å². The number of para-hydroxylation sites is 1. The highest BCUT2D eigenvalue weighted by Crippen LogP contribution is 2.25. The van der Waals surface area contributed by atoms with Crippen molar-refractivity contribution in [1.82, 2.24) is 9.97 Å². The van der Waals surface area contributed by atoms with Gasteiger partial charge in [0.1, 0.15) is 17.3 Å². The number of pyridine rings is 2. The van der Waals surface area contributed by atoms with E-state index in [1.165, 1.54) is 0 Å². The Kier molecular flexibility index (Phi) is 6.17. The van der Waals surface area contributed by atoms with E-state index in [1.807, 2.05) is 43.3 Å². The van der Waals surface area contributed by atoms with E-state index in [2.05, 4.69) is 20.6 Å². The van der Waals surface area contributed by atoms with Crippen LogP contribution in [0.2, 0.25) is 0 Å². The van der Waals surface area contributed by atoms with Gasteiger partial charge in [0, 0.05) is 29.9 Å². The minimum atomic E-state index is -0.576. The van der Waals surface area contributed by atoms with Crippen molar-refractivity contribution in [1.29, 1.82) is 0 Å². The predicted molar refractivity (Wildman–Crippen MR) is 128 cm³/mol. The smallest absolute Gasteiger partial charge is 0.267 e. The molecule has 0 saturated carbocycles. The average molecular weight is 441 g/mol. The van der Waals surface area contributed by atoms with E-state index in [0.717, 1.165) is 22.0 Å². The van der Waals surface area contributed by atoms with Gasteiger partial charge in [0.2, 0.25) is 0 Å². The summed E-state index contributed by atoms with van der Waals surface area (Å²) in [6.07, 6.45) is 1.58. The van der Waals surface area contributed by atoms with Crippen molar-refractivity contribution in [2.75, 3.05) is 17.7 Å². The van der Waals surface area contributed by atoms with Crippen molar-refractivity contribution in [3.05, 3.63) is 89.2 Å². The molecular weight excluding hydrogens is 418 g/mol. The Morgan fingerprint density at radius 1 is 1.06 bits per heavy atom. The van der Waals surface area contributed by atoms with Gasteiger partial charge in [-0.2, -0.15) is 0 Å². The maximum Gasteiger partial charge on any atom is 0.267 e. The molecular formula is C25H23N5O3. The van der Waals surface area contributed by atoms with E-state index in [4.69, 9.17) is 10.5 Å². The molecule has 0 saturated heterocycles. The summed E-state index contributed by atoms with van der Waals surface area (Å²) in [4.78, 5) is 32.9. The van der Waals surface area contributed by atoms with Gasteiger partial charge in [-0.1, -0.05) is 18.2 Å². The van der Waals surface area contributed by atoms with Crippen molar-refractivity contribution in [2.45, 2.75) is 13.5 Å². The largest absolute Gasteiger partial charge is 0.497 e. The van der Waals surface area contributed by atoms with E-state index in [1.54, 1.807) is 37.6 Å². The number of nitrogens with one attached hydrogen (secondary N) is 2. The molecule has 4 aromatic rings. The number of anilines is 2. The van der Waals surface area contributed by atoms with Gasteiger partial charge in [0.15, 0.2) is 0 Å². The maximum atomic E-state index is 13.1. The van der Waals surface area contributed by atoms with Gasteiger partial charge in [-0.05, 0) is 54.4 Å². The lowest BCUT2D eigenvalue weighted by Gasteiger charge is -2.14. The Balaban J connectivity index is 1.53. The predicted octanol–water partition coefficient (Wildman–Crippen LogP) is 3.91. The lowest BCUT2D eigenvalue weighted by molar-refractivity contribution is 0.0993. The van der Waals surface area contributed by atoms with Crippen LogP contribution in [0.4, 0.5) is 11.5 Å². The molecule has 0 unspecified atom stereocenters. The van der Waals surface area contributed by atoms with Crippen LogP contribution >= 0.6 is 0 Å². The molecule has 2 heterocycles. The molecule has 2 aromatic heterocycles. The van der Waals surface area contributed by atoms with Crippen LogP contribution in [0.25, 0.3) is 10.9 Å². The van der Waals surface area contributed by atoms with Crippen LogP contribution in [-0.4, -0.2) is 28.9 Å². The fourth-order valence-corrected chi connectivity index (χ4v) is 3.39. The Morgan fingerprint density at radius 2 is 1.88 bits per heavy atom. The van der Waals surface area contributed by atoms with Crippen LogP contribution in [0.5, 0.6) is 5.75 Å². The molecule has 0 aliphatic carbocycles. The zero-order valence-electron chi connectivity index (χ0n) is 18.3. The summed E-state index contributed by atoms with van der Waals surface area (Å²) in [7, 11) is 1.60. The highest BCUT2D eigenvalue weighted by atomic mass is 16.5. The molecule has 0 atom stereocenters. The number of amides is 2. The Labute approximate surface area is 190 Å². The second kappa shape index (κ2) is 9.35. The maximum absolute atomic E-state index is 13.1. The van der Waals surface area contributed by atoms with E-state index in [-0.39, 0.29) is 11.6 Å². The molecule has 0 spiro atoms. The summed E-state index contributed by atoms with van der Waals surface area (Å²) in [6, 6.07) is 18.2. The van der Waals surface area contributed by atoms with Gasteiger partial charge in [-0.15, -0.1) is 0 Å². The number of carbonyl (C=O) groups is 2. The third-order valence-corrected chi connectivity index (χ3v) is 5.18. The molecule has 4 rings (SSSR count). The van der Waals surface area contributed by atoms with E-state index >= 15 is 0 Å². The van der Waals surface area contributed by atoms with Crippen LogP contribution < -0.4 is 21.1 Å². The number of aryl methyl sites for hydroxylation is 1. The first-order valence-corrected chi connectivity index (χ1v) is 10.3. The first kappa shape index (κ1) is 21.8. The number of hydrogen-bond donors (Lipinski definition) is 3. The highest BCUT2D eigenvalue weighted by Gasteiger charge is 2.14. The van der Waals surface area contributed by atoms with E-state index in [0.29, 0.717) is 29.4 Å². The Bertz CT molecular complexity index is 1340. The number of primary amides is 1. The van der Waals surface area contributed by atoms with Gasteiger partial charge < -0.3 is 21.1 Å². The lowest BCUT2D eigenvalue weighted by Crippen LogP contribution is -2.16. The van der Waals surface area contributed by atoms with Crippen molar-refractivity contribution < 1.29 is 14.3 Å². The minimum Gasteiger partial charge on any atom is -0.497 e. The second-order valence-electron chi connectivity index (χ2n) is 7.48. The summed E-state index contributed by atoms with van der Waals surface area (Å²) >= 11 is 0. The van der Waals surface area contributed by atoms with Crippen LogP contribution in [-0.2, 0) is 6.54 Å². The summed E-state index contributed by atoms with van der Waals surface area (Å²) in [5.41, 5.74) is 9.00. The topological polar surface area (TPSA) is 119 Å². The fraction of sp³-hybridized carbons (Fsp3) is 0.120. The Hall–Kier alpha value is -4.46. The number of fused-ring (bicyclic) bond motifs is 1. The van der Waals surface area contributed by atoms with Gasteiger partial charge in [-0.25, -0.2) is 4.98 Å². The van der Waals surface area contributed by atoms with Crippen LogP contribution in [0.3, 0.4) is 0 Å². The summed E-state index contributed by atoms with van der Waals surface area (Å²) in [5, 5.41) is 7.13. The zero-order chi connectivity index (χ0) is 23.4. The molecule has 8 heteroatoms. The minimum absolute atomic E-state index is 0.203. The second-order valence-corrected chi connectivity index (χ2v) is 7.48. The van der Waals surface area contributed by atoms with Crippen LogP contribution in [0, 0.1) is 6.92 Å². The molecule has 2 amide bonds. The SMILES string of the molecule is COc1ccc2cc(C)c(NC(=O)c3ccccc3NCc3ccc(C(N)=O)nc3)nc2c1. The molecule has 33 heavy (non-hydrogen) atoms. The number of ether oxygens (including phenoxy) is 1. The fourth-order valence-electron chi connectivity index (χ4n) is 3.39. The zero-order valence-corrected chi connectivity index (χ0v) is 18.3. The third kappa shape index (κ3) is 4.90. The number of methoxy groups -OCH3 is 1. The van der Waals surface area contributed by atoms with E-state index < -0.39 is 5.91 Å². The molecule has 8 nitrogen and oxygen atoms in total. The highest BCUT2D eigenvalue weighted by molar-refractivity contribution is 6.08. The number of rotatable bonds is 7. The standard InChI is InChI=1S/C25H23N5O3/c1-15-11-17-8-9-18(33-2)12-22(17)29-24(15)30-25(32)19-5-3-4-6-20(19)27-13-16-7-10-21(23(26)31)28-14-16/h3-12,14,27H,13H2,1-2H3,(H2,26,31)(H,29,30,32). The number of carbonyl (C=O) groups excluding carboxylic acids is 2. The van der Waals surface area contributed by atoms with Crippen LogP contribution in [0.15, 0.2) is 66.9 Å². The molecule has 0 radical (unpaired) electrons. The molecule has 4 N–H and O–H groups in total. The van der Waals surface area contributed by atoms with Crippen molar-refractivity contribution in [3.8, 4) is 5.75 Å². The normalized spacial score (nSPS) is 10.6. The summed E-state index contributed by atoms with van der Waals surface area (Å²) in [6.45, 7) is 2.32. The molecule has 0 fully saturated rings. The van der Waals surface area contributed by atoms with Gasteiger partial charge in [0.05, 0.1) is 18.2 Å². The van der Waals surface area contributed by atoms with Crippen LogP contribution in [0.1, 0.15) is 32.0 Å². The Morgan fingerprint density at radius 3 is 2.61 bits per heavy atom. The number of hydrogen-bond acceptors (Lipinski definition) is 6.